The van der Waals surface area contributed by atoms with E-state index in [4.69, 9.17) is 5.41 Å². The lowest BCUT2D eigenvalue weighted by Gasteiger charge is -2.29. The molecule has 9 nitrogen and oxygen atoms in total. The second kappa shape index (κ2) is 11.4. The molecule has 188 valence electrons. The van der Waals surface area contributed by atoms with Crippen molar-refractivity contribution in [1.82, 2.24) is 25.1 Å². The van der Waals surface area contributed by atoms with Crippen LogP contribution in [-0.4, -0.2) is 42.7 Å². The molecule has 9 heteroatoms. The van der Waals surface area contributed by atoms with Gasteiger partial charge in [-0.15, -0.1) is 0 Å². The van der Waals surface area contributed by atoms with Crippen LogP contribution in [0.25, 0.3) is 0 Å². The fourth-order valence-corrected chi connectivity index (χ4v) is 5.40. The highest BCUT2D eigenvalue weighted by Gasteiger charge is 2.24. The van der Waals surface area contributed by atoms with Crippen molar-refractivity contribution in [3.63, 3.8) is 0 Å². The van der Waals surface area contributed by atoms with Gasteiger partial charge in [0.2, 0.25) is 5.95 Å². The molecule has 2 fully saturated rings. The highest BCUT2D eigenvalue weighted by Crippen LogP contribution is 2.34. The fourth-order valence-electron chi connectivity index (χ4n) is 5.40. The van der Waals surface area contributed by atoms with Crippen molar-refractivity contribution in [3.05, 3.63) is 54.1 Å². The third-order valence-corrected chi connectivity index (χ3v) is 7.34. The Kier molecular flexibility index (Phi) is 7.64. The van der Waals surface area contributed by atoms with Gasteiger partial charge in [0, 0.05) is 41.8 Å². The third kappa shape index (κ3) is 6.33. The number of aromatic nitrogens is 5. The van der Waals surface area contributed by atoms with Gasteiger partial charge in [-0.3, -0.25) is 14.9 Å². The Bertz CT molecular complexity index is 1160. The van der Waals surface area contributed by atoms with E-state index in [0.717, 1.165) is 37.3 Å². The van der Waals surface area contributed by atoms with Gasteiger partial charge in [-0.05, 0) is 69.1 Å². The van der Waals surface area contributed by atoms with Crippen LogP contribution in [0.2, 0.25) is 0 Å². The zero-order valence-corrected chi connectivity index (χ0v) is 20.5. The maximum atomic E-state index is 12.3. The predicted octanol–water partition coefficient (Wildman–Crippen LogP) is 5.65. The summed E-state index contributed by atoms with van der Waals surface area (Å²) in [5.41, 5.74) is 2.14. The number of nitrogens with one attached hydrogen (secondary N) is 4. The second-order valence-corrected chi connectivity index (χ2v) is 10.1. The standard InChI is InChI=1S/C27H34N8O/c28-20(16-24(36)22-7-3-4-13-29-22)15-18-8-10-21(11-9-18)31-27-30-14-12-25(33-27)32-26-17-23(34-35-26)19-5-1-2-6-19/h3-4,7,12-14,17-19,21,28H,1-2,5-6,8-11,15-16H2,(H3,30,31,32,33,34,35). The zero-order chi connectivity index (χ0) is 24.7. The summed E-state index contributed by atoms with van der Waals surface area (Å²) in [5, 5.41) is 22.7. The Morgan fingerprint density at radius 1 is 1.00 bits per heavy atom. The van der Waals surface area contributed by atoms with Gasteiger partial charge in [0.25, 0.3) is 0 Å². The summed E-state index contributed by atoms with van der Waals surface area (Å²) in [5.74, 6) is 3.07. The number of pyridine rings is 1. The van der Waals surface area contributed by atoms with E-state index >= 15 is 0 Å². The van der Waals surface area contributed by atoms with E-state index < -0.39 is 0 Å². The van der Waals surface area contributed by atoms with Crippen LogP contribution in [0.15, 0.2) is 42.7 Å². The third-order valence-electron chi connectivity index (χ3n) is 7.34. The van der Waals surface area contributed by atoms with Crippen molar-refractivity contribution in [2.45, 2.75) is 76.2 Å². The van der Waals surface area contributed by atoms with Gasteiger partial charge in [-0.1, -0.05) is 18.9 Å². The molecule has 36 heavy (non-hydrogen) atoms. The number of anilines is 3. The average Bonchev–Trinajstić information content (AvgIpc) is 3.58. The number of ketones is 1. The fraction of sp³-hybridized carbons (Fsp3) is 0.481. The largest absolute Gasteiger partial charge is 0.351 e. The first-order chi connectivity index (χ1) is 17.6. The molecule has 0 aliphatic heterocycles. The average molecular weight is 487 g/mol. The van der Waals surface area contributed by atoms with Crippen molar-refractivity contribution < 1.29 is 4.79 Å². The quantitative estimate of drug-likeness (QED) is 0.215. The van der Waals surface area contributed by atoms with Gasteiger partial charge in [0.05, 0.1) is 6.42 Å². The van der Waals surface area contributed by atoms with Crippen LogP contribution in [0, 0.1) is 11.3 Å². The first kappa shape index (κ1) is 24.1. The Morgan fingerprint density at radius 3 is 2.61 bits per heavy atom. The molecule has 3 aromatic heterocycles. The van der Waals surface area contributed by atoms with Gasteiger partial charge < -0.3 is 16.0 Å². The summed E-state index contributed by atoms with van der Waals surface area (Å²) in [6.07, 6.45) is 13.3. The number of nitrogens with zero attached hydrogens (tertiary/aromatic N) is 4. The molecule has 0 bridgehead atoms. The Balaban J connectivity index is 1.07. The van der Waals surface area contributed by atoms with Crippen LogP contribution in [0.3, 0.4) is 0 Å². The highest BCUT2D eigenvalue weighted by molar-refractivity contribution is 6.07. The van der Waals surface area contributed by atoms with E-state index in [1.165, 1.54) is 31.4 Å². The molecular formula is C27H34N8O. The van der Waals surface area contributed by atoms with Crippen LogP contribution in [0.5, 0.6) is 0 Å². The van der Waals surface area contributed by atoms with E-state index in [0.29, 0.717) is 41.7 Å². The number of aromatic amines is 1. The number of Topliss-reactive ketones (excluding diaryl/α,β-unsaturated/α-hetero) is 1. The molecule has 0 radical (unpaired) electrons. The molecule has 0 atom stereocenters. The molecule has 0 aromatic carbocycles. The Hall–Kier alpha value is -3.62. The summed E-state index contributed by atoms with van der Waals surface area (Å²) in [4.78, 5) is 25.5. The molecule has 2 aliphatic carbocycles. The minimum Gasteiger partial charge on any atom is -0.351 e. The number of rotatable bonds is 10. The van der Waals surface area contributed by atoms with Crippen LogP contribution >= 0.6 is 0 Å². The van der Waals surface area contributed by atoms with Gasteiger partial charge in [0.15, 0.2) is 11.6 Å². The molecule has 5 rings (SSSR count). The van der Waals surface area contributed by atoms with E-state index in [9.17, 15) is 4.79 Å². The minimum absolute atomic E-state index is 0.0776. The summed E-state index contributed by atoms with van der Waals surface area (Å²) in [6.45, 7) is 0. The van der Waals surface area contributed by atoms with Crippen LogP contribution in [-0.2, 0) is 0 Å². The Morgan fingerprint density at radius 2 is 1.83 bits per heavy atom. The molecule has 0 unspecified atom stereocenters. The summed E-state index contributed by atoms with van der Waals surface area (Å²) in [7, 11) is 0. The molecule has 4 N–H and O–H groups in total. The van der Waals surface area contributed by atoms with Crippen molar-refractivity contribution in [1.29, 1.82) is 5.41 Å². The summed E-state index contributed by atoms with van der Waals surface area (Å²) < 4.78 is 0. The van der Waals surface area contributed by atoms with Gasteiger partial charge >= 0.3 is 0 Å². The molecule has 0 saturated heterocycles. The van der Waals surface area contributed by atoms with Crippen molar-refractivity contribution in [2.24, 2.45) is 5.92 Å². The summed E-state index contributed by atoms with van der Waals surface area (Å²) >= 11 is 0. The normalized spacial score (nSPS) is 20.2. The number of hydrogen-bond donors (Lipinski definition) is 4. The molecule has 2 saturated carbocycles. The number of H-pyrrole nitrogens is 1. The summed E-state index contributed by atoms with van der Waals surface area (Å²) in [6, 6.07) is 9.55. The number of hydrogen-bond acceptors (Lipinski definition) is 8. The highest BCUT2D eigenvalue weighted by atomic mass is 16.1. The molecular weight excluding hydrogens is 452 g/mol. The maximum absolute atomic E-state index is 12.3. The smallest absolute Gasteiger partial charge is 0.224 e. The molecule has 2 aliphatic rings. The van der Waals surface area contributed by atoms with Gasteiger partial charge in [-0.2, -0.15) is 10.1 Å². The SMILES string of the molecule is N=C(CC(=O)c1ccccn1)CC1CCC(Nc2nccc(Nc3cc(C4CCCC4)[nH]n3)n2)CC1. The monoisotopic (exact) mass is 486 g/mol. The van der Waals surface area contributed by atoms with E-state index in [-0.39, 0.29) is 12.2 Å². The van der Waals surface area contributed by atoms with Crippen LogP contribution in [0.1, 0.15) is 86.3 Å². The van der Waals surface area contributed by atoms with E-state index in [1.54, 1.807) is 30.6 Å². The molecule has 0 amide bonds. The maximum Gasteiger partial charge on any atom is 0.224 e. The van der Waals surface area contributed by atoms with Gasteiger partial charge in [-0.25, -0.2) is 4.98 Å². The number of carbonyl (C=O) groups is 1. The zero-order valence-electron chi connectivity index (χ0n) is 20.5. The lowest BCUT2D eigenvalue weighted by Crippen LogP contribution is -2.28. The molecule has 3 heterocycles. The minimum atomic E-state index is -0.0776. The predicted molar refractivity (Wildman–Crippen MR) is 140 cm³/mol. The second-order valence-electron chi connectivity index (χ2n) is 10.1. The van der Waals surface area contributed by atoms with Gasteiger partial charge in [0.1, 0.15) is 11.5 Å². The van der Waals surface area contributed by atoms with Crippen LogP contribution < -0.4 is 10.6 Å². The lowest BCUT2D eigenvalue weighted by molar-refractivity contribution is 0.0995. The van der Waals surface area contributed by atoms with Crippen molar-refractivity contribution in [2.75, 3.05) is 10.6 Å². The van der Waals surface area contributed by atoms with Crippen molar-refractivity contribution in [3.8, 4) is 0 Å². The molecule has 0 spiro atoms. The van der Waals surface area contributed by atoms with Crippen molar-refractivity contribution >= 4 is 29.1 Å². The Labute approximate surface area is 211 Å². The first-order valence-corrected chi connectivity index (χ1v) is 13.0. The van der Waals surface area contributed by atoms with E-state index in [2.05, 4.69) is 41.8 Å². The first-order valence-electron chi connectivity index (χ1n) is 13.0. The lowest BCUT2D eigenvalue weighted by atomic mass is 9.82. The van der Waals surface area contributed by atoms with Crippen LogP contribution in [0.4, 0.5) is 17.6 Å². The van der Waals surface area contributed by atoms with E-state index in [1.807, 2.05) is 6.07 Å². The number of carbonyl (C=O) groups excluding carboxylic acids is 1. The molecule has 3 aromatic rings. The topological polar surface area (TPSA) is 132 Å².